The van der Waals surface area contributed by atoms with Crippen LogP contribution in [0.25, 0.3) is 16.6 Å². The number of nitrogens with one attached hydrogen (secondary N) is 1. The highest BCUT2D eigenvalue weighted by molar-refractivity contribution is 5.93. The van der Waals surface area contributed by atoms with Crippen molar-refractivity contribution in [2.45, 2.75) is 44.8 Å². The van der Waals surface area contributed by atoms with Crippen LogP contribution < -0.4 is 15.8 Å². The number of pyridine rings is 2. The summed E-state index contributed by atoms with van der Waals surface area (Å²) in [4.78, 5) is 16.4. The zero-order valence-electron chi connectivity index (χ0n) is 15.8. The molecule has 0 spiro atoms. The predicted octanol–water partition coefficient (Wildman–Crippen LogP) is 2.92. The molecule has 0 aliphatic heterocycles. The van der Waals surface area contributed by atoms with Gasteiger partial charge >= 0.3 is 0 Å². The number of carbonyl (C=O) groups excluding carboxylic acids is 1. The third-order valence-electron chi connectivity index (χ3n) is 5.40. The maximum absolute atomic E-state index is 12.0. The van der Waals surface area contributed by atoms with Gasteiger partial charge < -0.3 is 15.8 Å². The zero-order chi connectivity index (χ0) is 19.3. The highest BCUT2D eigenvalue weighted by Gasteiger charge is 2.30. The molecule has 0 aromatic carbocycles. The van der Waals surface area contributed by atoms with Gasteiger partial charge in [-0.2, -0.15) is 5.10 Å². The summed E-state index contributed by atoms with van der Waals surface area (Å²) in [7, 11) is 0. The van der Waals surface area contributed by atoms with E-state index in [0.717, 1.165) is 53.8 Å². The Morgan fingerprint density at radius 1 is 1.29 bits per heavy atom. The van der Waals surface area contributed by atoms with Crippen LogP contribution >= 0.6 is 0 Å². The van der Waals surface area contributed by atoms with Gasteiger partial charge in [-0.3, -0.25) is 9.78 Å². The third kappa shape index (κ3) is 3.33. The molecule has 3 heterocycles. The quantitative estimate of drug-likeness (QED) is 0.713. The number of hydrogen-bond acceptors (Lipinski definition) is 5. The van der Waals surface area contributed by atoms with Crippen molar-refractivity contribution in [2.24, 2.45) is 11.7 Å². The van der Waals surface area contributed by atoms with Gasteiger partial charge in [-0.15, -0.1) is 0 Å². The summed E-state index contributed by atoms with van der Waals surface area (Å²) < 4.78 is 7.91. The van der Waals surface area contributed by atoms with Crippen molar-refractivity contribution in [1.29, 1.82) is 0 Å². The fourth-order valence-electron chi connectivity index (χ4n) is 3.55. The topological polar surface area (TPSA) is 94.5 Å². The number of anilines is 1. The van der Waals surface area contributed by atoms with Gasteiger partial charge in [-0.25, -0.2) is 4.52 Å². The van der Waals surface area contributed by atoms with Gasteiger partial charge in [0.05, 0.1) is 11.7 Å². The third-order valence-corrected chi connectivity index (χ3v) is 5.40. The number of nitrogens with two attached hydrogens (primary N) is 1. The van der Waals surface area contributed by atoms with Crippen LogP contribution in [0.2, 0.25) is 0 Å². The number of nitrogens with zero attached hydrogens (tertiary/aromatic N) is 3. The van der Waals surface area contributed by atoms with E-state index in [1.807, 2.05) is 37.4 Å². The van der Waals surface area contributed by atoms with Crippen molar-refractivity contribution in [3.63, 3.8) is 0 Å². The molecule has 3 aromatic heterocycles. The Morgan fingerprint density at radius 3 is 2.86 bits per heavy atom. The number of aromatic nitrogens is 3. The van der Waals surface area contributed by atoms with Crippen molar-refractivity contribution in [2.75, 3.05) is 5.32 Å². The average molecular weight is 377 g/mol. The summed E-state index contributed by atoms with van der Waals surface area (Å²) >= 11 is 0. The SMILES string of the molecule is Cc1cc(-c2ccn3nc(NC(=O)C4CC4)cc3c2)c(OC2CC(N)C2)cn1. The van der Waals surface area contributed by atoms with Crippen molar-refractivity contribution in [1.82, 2.24) is 14.6 Å². The van der Waals surface area contributed by atoms with Gasteiger partial charge in [0.15, 0.2) is 5.82 Å². The zero-order valence-corrected chi connectivity index (χ0v) is 15.8. The van der Waals surface area contributed by atoms with Gasteiger partial charge in [-0.1, -0.05) is 0 Å². The van der Waals surface area contributed by atoms with Crippen LogP contribution in [0.5, 0.6) is 5.75 Å². The molecule has 2 fully saturated rings. The van der Waals surface area contributed by atoms with Crippen molar-refractivity contribution < 1.29 is 9.53 Å². The van der Waals surface area contributed by atoms with Crippen LogP contribution in [-0.2, 0) is 4.79 Å². The number of rotatable bonds is 5. The lowest BCUT2D eigenvalue weighted by Crippen LogP contribution is -2.43. The Labute approximate surface area is 162 Å². The molecule has 2 saturated carbocycles. The van der Waals surface area contributed by atoms with E-state index < -0.39 is 0 Å². The Morgan fingerprint density at radius 2 is 2.11 bits per heavy atom. The van der Waals surface area contributed by atoms with E-state index in [1.54, 1.807) is 10.7 Å². The molecule has 3 N–H and O–H groups in total. The minimum absolute atomic E-state index is 0.0581. The summed E-state index contributed by atoms with van der Waals surface area (Å²) in [6.07, 6.45) is 7.53. The molecule has 3 aromatic rings. The number of hydrogen-bond donors (Lipinski definition) is 2. The molecule has 144 valence electrons. The first-order valence-electron chi connectivity index (χ1n) is 9.75. The molecular weight excluding hydrogens is 354 g/mol. The fraction of sp³-hybridized carbons (Fsp3) is 0.381. The van der Waals surface area contributed by atoms with Gasteiger partial charge in [-0.05, 0) is 56.4 Å². The van der Waals surface area contributed by atoms with Crippen molar-refractivity contribution in [3.8, 4) is 16.9 Å². The molecule has 2 aliphatic carbocycles. The molecule has 2 aliphatic rings. The maximum Gasteiger partial charge on any atom is 0.228 e. The van der Waals surface area contributed by atoms with E-state index in [0.29, 0.717) is 5.82 Å². The molecule has 28 heavy (non-hydrogen) atoms. The molecular formula is C21H23N5O2. The molecule has 7 heteroatoms. The largest absolute Gasteiger partial charge is 0.488 e. The number of carbonyl (C=O) groups is 1. The predicted molar refractivity (Wildman–Crippen MR) is 106 cm³/mol. The number of amides is 1. The molecule has 0 atom stereocenters. The van der Waals surface area contributed by atoms with Gasteiger partial charge in [0.2, 0.25) is 5.91 Å². The maximum atomic E-state index is 12.0. The molecule has 5 rings (SSSR count). The Balaban J connectivity index is 1.45. The average Bonchev–Trinajstić information content (AvgIpc) is 3.42. The number of ether oxygens (including phenoxy) is 1. The van der Waals surface area contributed by atoms with Crippen LogP contribution in [0.1, 0.15) is 31.4 Å². The van der Waals surface area contributed by atoms with E-state index in [1.165, 1.54) is 0 Å². The molecule has 0 unspecified atom stereocenters. The molecule has 1 amide bonds. The van der Waals surface area contributed by atoms with Crippen LogP contribution in [0.15, 0.2) is 36.7 Å². The highest BCUT2D eigenvalue weighted by Crippen LogP contribution is 2.34. The first kappa shape index (κ1) is 17.2. The standard InChI is InChI=1S/C21H23N5O2/c1-12-6-18(19(11-23-12)28-17-8-15(22)9-17)14-4-5-26-16(7-14)10-20(25-26)24-21(27)13-2-3-13/h4-7,10-11,13,15,17H,2-3,8-9,22H2,1H3,(H,24,25,27). The van der Waals surface area contributed by atoms with Gasteiger partial charge in [0.25, 0.3) is 0 Å². The summed E-state index contributed by atoms with van der Waals surface area (Å²) in [6, 6.07) is 8.21. The second-order valence-electron chi connectivity index (χ2n) is 7.87. The van der Waals surface area contributed by atoms with Crippen molar-refractivity contribution >= 4 is 17.2 Å². The Hall–Kier alpha value is -2.93. The first-order valence-corrected chi connectivity index (χ1v) is 9.75. The number of fused-ring (bicyclic) bond motifs is 1. The molecule has 7 nitrogen and oxygen atoms in total. The van der Waals surface area contributed by atoms with E-state index in [2.05, 4.69) is 15.4 Å². The van der Waals surface area contributed by atoms with E-state index >= 15 is 0 Å². The first-order chi connectivity index (χ1) is 13.5. The Kier molecular flexibility index (Phi) is 4.05. The molecule has 0 bridgehead atoms. The van der Waals surface area contributed by atoms with Crippen LogP contribution in [0.3, 0.4) is 0 Å². The van der Waals surface area contributed by atoms with Crippen LogP contribution in [-0.4, -0.2) is 32.7 Å². The van der Waals surface area contributed by atoms with Crippen LogP contribution in [0, 0.1) is 12.8 Å². The smallest absolute Gasteiger partial charge is 0.228 e. The van der Waals surface area contributed by atoms with Crippen LogP contribution in [0.4, 0.5) is 5.82 Å². The summed E-state index contributed by atoms with van der Waals surface area (Å²) in [5.74, 6) is 1.57. The summed E-state index contributed by atoms with van der Waals surface area (Å²) in [6.45, 7) is 1.97. The van der Waals surface area contributed by atoms with E-state index in [-0.39, 0.29) is 24.0 Å². The second-order valence-corrected chi connectivity index (χ2v) is 7.87. The van der Waals surface area contributed by atoms with E-state index in [4.69, 9.17) is 10.5 Å². The Bertz CT molecular complexity index is 1050. The lowest BCUT2D eigenvalue weighted by Gasteiger charge is -2.33. The van der Waals surface area contributed by atoms with Gasteiger partial charge in [0, 0.05) is 35.5 Å². The molecule has 0 radical (unpaired) electrons. The van der Waals surface area contributed by atoms with Gasteiger partial charge in [0.1, 0.15) is 11.9 Å². The monoisotopic (exact) mass is 377 g/mol. The van der Waals surface area contributed by atoms with E-state index in [9.17, 15) is 4.79 Å². The highest BCUT2D eigenvalue weighted by atomic mass is 16.5. The second kappa shape index (κ2) is 6.60. The molecule has 0 saturated heterocycles. The normalized spacial score (nSPS) is 21.4. The fourth-order valence-corrected chi connectivity index (χ4v) is 3.55. The summed E-state index contributed by atoms with van der Waals surface area (Å²) in [5, 5.41) is 7.35. The lowest BCUT2D eigenvalue weighted by atomic mass is 9.90. The number of aryl methyl sites for hydroxylation is 1. The summed E-state index contributed by atoms with van der Waals surface area (Å²) in [5.41, 5.74) is 9.75. The van der Waals surface area contributed by atoms with Crippen molar-refractivity contribution in [3.05, 3.63) is 42.4 Å². The lowest BCUT2D eigenvalue weighted by molar-refractivity contribution is -0.117. The minimum Gasteiger partial charge on any atom is -0.488 e. The minimum atomic E-state index is 0.0581.